The summed E-state index contributed by atoms with van der Waals surface area (Å²) < 4.78 is 19.3. The van der Waals surface area contributed by atoms with Crippen molar-refractivity contribution in [3.8, 4) is 0 Å². The summed E-state index contributed by atoms with van der Waals surface area (Å²) in [7, 11) is 0. The van der Waals surface area contributed by atoms with E-state index in [9.17, 15) is 0 Å². The van der Waals surface area contributed by atoms with E-state index < -0.39 is 0 Å². The third-order valence-electron chi connectivity index (χ3n) is 17.0. The van der Waals surface area contributed by atoms with Crippen LogP contribution in [0.2, 0.25) is 0 Å². The first-order valence-corrected chi connectivity index (χ1v) is 44.1. The van der Waals surface area contributed by atoms with Gasteiger partial charge in [-0.3, -0.25) is 0 Å². The predicted octanol–water partition coefficient (Wildman–Crippen LogP) is 19.3. The van der Waals surface area contributed by atoms with Crippen molar-refractivity contribution in [3.63, 3.8) is 0 Å². The molecule has 7 nitrogen and oxygen atoms in total. The van der Waals surface area contributed by atoms with Crippen LogP contribution in [0, 0.1) is 48.5 Å². The summed E-state index contributed by atoms with van der Waals surface area (Å²) in [6.45, 7) is 15.0. The standard InChI is InChI=1S/7C12H9NSe/c1-8-4-2-6-10-11(8)9-5-3-7-13-12(9)14-10;1-8-4-2-5-9-10-6-3-7-13-12(10)14-11(8)9;1-8-4-5-9-10-3-2-6-13-12(10)14-11(9)7-8;1-8-4-5-11-10(7-8)9-3-2-6-13-12(9)14-11;1-8-6-10-9-4-2-3-5-11(9)14-12(10)13-7-8;1-8-6-7-10-9-4-2-3-5-11(9)14-12(10)13-8;1-8-6-7-13-12-11(8)9-4-2-3-5-10(9)14-12/h7*2-7H,1H3. The Morgan fingerprint density at radius 3 is 1.37 bits per heavy atom. The molecule has 21 rings (SSSR count). The van der Waals surface area contributed by atoms with E-state index in [0.717, 1.165) is 5.69 Å². The number of aryl methyl sites for hydroxylation is 7. The Hall–Kier alpha value is -7.77. The van der Waals surface area contributed by atoms with Gasteiger partial charge in [-0.15, -0.1) is 0 Å². The van der Waals surface area contributed by atoms with E-state index in [2.05, 4.69) is 277 Å². The average Bonchev–Trinajstić information content (AvgIpc) is 1.73. The Labute approximate surface area is 609 Å². The van der Waals surface area contributed by atoms with E-state index in [-0.39, 0.29) is 0 Å². The Morgan fingerprint density at radius 2 is 0.653 bits per heavy atom. The van der Waals surface area contributed by atoms with Gasteiger partial charge < -0.3 is 0 Å². The van der Waals surface area contributed by atoms with Crippen molar-refractivity contribution in [2.75, 3.05) is 0 Å². The van der Waals surface area contributed by atoms with E-state index >= 15 is 0 Å². The van der Waals surface area contributed by atoms with Crippen LogP contribution in [-0.4, -0.2) is 136 Å². The summed E-state index contributed by atoms with van der Waals surface area (Å²) in [6, 6.07) is 77.8. The van der Waals surface area contributed by atoms with Crippen molar-refractivity contribution in [1.82, 2.24) is 34.9 Å². The number of hydrogen-bond donors (Lipinski definition) is 0. The van der Waals surface area contributed by atoms with Crippen molar-refractivity contribution in [2.24, 2.45) is 0 Å². The summed E-state index contributed by atoms with van der Waals surface area (Å²) in [5, 5.41) is 19.2. The van der Waals surface area contributed by atoms with Crippen molar-refractivity contribution in [2.45, 2.75) is 48.5 Å². The maximum absolute atomic E-state index is 4.60. The van der Waals surface area contributed by atoms with E-state index in [1.54, 1.807) is 0 Å². The van der Waals surface area contributed by atoms with Crippen LogP contribution in [-0.2, 0) is 0 Å². The zero-order valence-electron chi connectivity index (χ0n) is 54.7. The van der Waals surface area contributed by atoms with Crippen LogP contribution in [0.1, 0.15) is 39.1 Å². The van der Waals surface area contributed by atoms with Gasteiger partial charge in [0.1, 0.15) is 0 Å². The second-order valence-corrected chi connectivity index (χ2v) is 39.1. The topological polar surface area (TPSA) is 90.2 Å². The van der Waals surface area contributed by atoms with E-state index in [1.165, 1.54) is 169 Å². The molecule has 14 aromatic heterocycles. The van der Waals surface area contributed by atoms with Crippen molar-refractivity contribution < 1.29 is 0 Å². The normalized spacial score (nSPS) is 11.2. The SMILES string of the molecule is Cc1ccc2[se]c3ncccc3c2c1.Cc1ccc2c(c1)[se]c1ncccc12.Cc1ccc2c(n1)[se]c1ccccc12.Cc1cccc2[se]c3ncccc3c12.Cc1cccc2c1[se]c1ncccc12.Cc1ccnc2[se]c3ccccc3c12.Cc1cnc2[se]c3ccccc3c2c1. The molecule has 0 atom stereocenters. The molecule has 0 unspecified atom stereocenters. The van der Waals surface area contributed by atoms with Gasteiger partial charge in [0.25, 0.3) is 0 Å². The quantitative estimate of drug-likeness (QED) is 0.140. The molecule has 0 saturated heterocycles. The second kappa shape index (κ2) is 29.6. The summed E-state index contributed by atoms with van der Waals surface area (Å²) in [6.07, 6.45) is 11.4. The molecule has 0 aliphatic heterocycles. The molecule has 476 valence electrons. The van der Waals surface area contributed by atoms with E-state index in [1.807, 2.05) is 61.4 Å². The first-order valence-electron chi connectivity index (χ1n) is 32.1. The fraction of sp³-hybridized carbons (Fsp3) is 0.0833. The third-order valence-corrected chi connectivity index (χ3v) is 33.3. The van der Waals surface area contributed by atoms with Gasteiger partial charge >= 0.3 is 615 Å². The molecule has 7 aromatic carbocycles. The van der Waals surface area contributed by atoms with E-state index in [4.69, 9.17) is 0 Å². The molecule has 0 aliphatic carbocycles. The van der Waals surface area contributed by atoms with Gasteiger partial charge in [-0.2, -0.15) is 0 Å². The summed E-state index contributed by atoms with van der Waals surface area (Å²) in [4.78, 5) is 31.3. The molecule has 0 N–H and O–H groups in total. The predicted molar refractivity (Wildman–Crippen MR) is 426 cm³/mol. The molecular formula is C84H63N7Se7. The number of pyridine rings is 7. The molecule has 0 radical (unpaired) electrons. The monoisotopic (exact) mass is 1730 g/mol. The fourth-order valence-corrected chi connectivity index (χ4v) is 28.4. The number of rotatable bonds is 0. The Kier molecular flexibility index (Phi) is 20.0. The molecule has 0 fully saturated rings. The minimum atomic E-state index is 0.414. The number of aromatic nitrogens is 7. The van der Waals surface area contributed by atoms with Gasteiger partial charge in [0.2, 0.25) is 0 Å². The molecule has 0 spiro atoms. The van der Waals surface area contributed by atoms with Gasteiger partial charge in [-0.25, -0.2) is 0 Å². The Balaban J connectivity index is 0.0000000933. The van der Waals surface area contributed by atoms with Crippen LogP contribution < -0.4 is 0 Å². The second-order valence-electron chi connectivity index (χ2n) is 24.0. The average molecular weight is 1720 g/mol. The zero-order chi connectivity index (χ0) is 66.8. The minimum absolute atomic E-state index is 0.414. The van der Waals surface area contributed by atoms with Gasteiger partial charge in [0.05, 0.1) is 0 Å². The third kappa shape index (κ3) is 14.0. The first kappa shape index (κ1) is 66.1. The van der Waals surface area contributed by atoms with E-state index in [0.29, 0.717) is 102 Å². The van der Waals surface area contributed by atoms with Crippen LogP contribution in [0.15, 0.2) is 256 Å². The first-order chi connectivity index (χ1) is 48.0. The van der Waals surface area contributed by atoms with Crippen molar-refractivity contribution in [3.05, 3.63) is 295 Å². The molecule has 0 amide bonds. The number of hydrogen-bond acceptors (Lipinski definition) is 7. The van der Waals surface area contributed by atoms with Gasteiger partial charge in [0.15, 0.2) is 0 Å². The summed E-state index contributed by atoms with van der Waals surface area (Å²) >= 11 is 2.91. The van der Waals surface area contributed by atoms with Gasteiger partial charge in [-0.05, 0) is 0 Å². The molecule has 0 saturated carbocycles. The van der Waals surface area contributed by atoms with Crippen LogP contribution >= 0.6 is 0 Å². The maximum atomic E-state index is 4.60. The van der Waals surface area contributed by atoms with Crippen LogP contribution in [0.3, 0.4) is 0 Å². The molecule has 14 heteroatoms. The summed E-state index contributed by atoms with van der Waals surface area (Å²) in [5.74, 6) is 0. The fourth-order valence-electron chi connectivity index (χ4n) is 12.3. The molecular weight excluding hydrogens is 1660 g/mol. The molecule has 98 heavy (non-hydrogen) atoms. The number of nitrogens with zero attached hydrogens (tertiary/aromatic N) is 7. The van der Waals surface area contributed by atoms with Crippen molar-refractivity contribution in [1.29, 1.82) is 0 Å². The zero-order valence-corrected chi connectivity index (χ0v) is 66.7. The number of benzene rings is 7. The Bertz CT molecular complexity index is 6090. The van der Waals surface area contributed by atoms with Crippen molar-refractivity contribution >= 4 is 237 Å². The molecule has 0 bridgehead atoms. The van der Waals surface area contributed by atoms with Crippen LogP contribution in [0.4, 0.5) is 0 Å². The van der Waals surface area contributed by atoms with Crippen LogP contribution in [0.25, 0.3) is 136 Å². The van der Waals surface area contributed by atoms with Crippen LogP contribution in [0.5, 0.6) is 0 Å². The van der Waals surface area contributed by atoms with Gasteiger partial charge in [0, 0.05) is 0 Å². The molecule has 14 heterocycles. The Morgan fingerprint density at radius 1 is 0.224 bits per heavy atom. The van der Waals surface area contributed by atoms with Gasteiger partial charge in [-0.1, -0.05) is 0 Å². The molecule has 0 aliphatic rings. The summed E-state index contributed by atoms with van der Waals surface area (Å²) in [5.41, 5.74) is 9.17. The molecule has 21 aromatic rings. The number of fused-ring (bicyclic) bond motifs is 21.